The van der Waals surface area contributed by atoms with E-state index in [1.165, 1.54) is 6.42 Å². The van der Waals surface area contributed by atoms with Crippen molar-refractivity contribution >= 4 is 22.8 Å². The average molecular weight is 330 g/mol. The van der Waals surface area contributed by atoms with Crippen LogP contribution in [0, 0.1) is 11.8 Å². The van der Waals surface area contributed by atoms with Crippen molar-refractivity contribution in [2.24, 2.45) is 18.9 Å². The number of ether oxygens (including phenoxy) is 1. The van der Waals surface area contributed by atoms with Crippen molar-refractivity contribution in [1.29, 1.82) is 0 Å². The van der Waals surface area contributed by atoms with Gasteiger partial charge in [-0.3, -0.25) is 4.68 Å². The summed E-state index contributed by atoms with van der Waals surface area (Å²) in [4.78, 5) is 14.4. The van der Waals surface area contributed by atoms with E-state index < -0.39 is 0 Å². The monoisotopic (exact) mass is 330 g/mol. The number of nitrogens with zero attached hydrogens (tertiary/aromatic N) is 6. The van der Waals surface area contributed by atoms with Crippen LogP contribution in [0.2, 0.25) is 0 Å². The Morgan fingerprint density at radius 3 is 2.46 bits per heavy atom. The third kappa shape index (κ3) is 2.81. The number of fused-ring (bicyclic) bond motifs is 1. The molecular formula is C17H26N6O. The van der Waals surface area contributed by atoms with Gasteiger partial charge in [0, 0.05) is 33.2 Å². The zero-order valence-electron chi connectivity index (χ0n) is 14.8. The molecule has 2 aliphatic rings. The number of aryl methyl sites for hydroxylation is 1. The molecule has 0 aliphatic carbocycles. The van der Waals surface area contributed by atoms with Crippen molar-refractivity contribution in [1.82, 2.24) is 19.7 Å². The smallest absolute Gasteiger partial charge is 0.229 e. The SMILES string of the molecule is C[C@@H]1C[C@@H](C)CN(c2nc(N3CCOCC3)c3cnn(C)c3n2)C1. The molecule has 2 aromatic heterocycles. The van der Waals surface area contributed by atoms with E-state index in [1.807, 2.05) is 17.9 Å². The van der Waals surface area contributed by atoms with E-state index in [0.717, 1.165) is 62.2 Å². The number of rotatable bonds is 2. The molecule has 0 unspecified atom stereocenters. The predicted molar refractivity (Wildman–Crippen MR) is 94.5 cm³/mol. The number of piperidine rings is 1. The molecule has 7 heteroatoms. The summed E-state index contributed by atoms with van der Waals surface area (Å²) in [5.74, 6) is 3.18. The number of morpholine rings is 1. The van der Waals surface area contributed by atoms with E-state index in [0.29, 0.717) is 11.8 Å². The molecule has 130 valence electrons. The van der Waals surface area contributed by atoms with Crippen molar-refractivity contribution < 1.29 is 4.74 Å². The first-order valence-corrected chi connectivity index (χ1v) is 8.89. The Morgan fingerprint density at radius 2 is 1.75 bits per heavy atom. The molecule has 0 amide bonds. The number of hydrogen-bond donors (Lipinski definition) is 0. The van der Waals surface area contributed by atoms with E-state index in [9.17, 15) is 0 Å². The summed E-state index contributed by atoms with van der Waals surface area (Å²) in [5.41, 5.74) is 0.910. The Kier molecular flexibility index (Phi) is 4.04. The summed E-state index contributed by atoms with van der Waals surface area (Å²) >= 11 is 0. The zero-order chi connectivity index (χ0) is 16.7. The molecule has 0 spiro atoms. The lowest BCUT2D eigenvalue weighted by Crippen LogP contribution is -2.41. The van der Waals surface area contributed by atoms with Gasteiger partial charge in [0.25, 0.3) is 0 Å². The highest BCUT2D eigenvalue weighted by Crippen LogP contribution is 2.30. The molecule has 0 N–H and O–H groups in total. The van der Waals surface area contributed by atoms with E-state index in [4.69, 9.17) is 14.7 Å². The minimum atomic E-state index is 0.673. The van der Waals surface area contributed by atoms with Crippen LogP contribution >= 0.6 is 0 Å². The lowest BCUT2D eigenvalue weighted by Gasteiger charge is -2.36. The lowest BCUT2D eigenvalue weighted by atomic mass is 9.92. The molecule has 2 atom stereocenters. The van der Waals surface area contributed by atoms with E-state index in [2.05, 4.69) is 28.7 Å². The van der Waals surface area contributed by atoms with Gasteiger partial charge in [-0.2, -0.15) is 15.1 Å². The molecular weight excluding hydrogens is 304 g/mol. The van der Waals surface area contributed by atoms with E-state index in [-0.39, 0.29) is 0 Å². The van der Waals surface area contributed by atoms with Gasteiger partial charge in [0.05, 0.1) is 24.8 Å². The molecule has 2 fully saturated rings. The summed E-state index contributed by atoms with van der Waals surface area (Å²) in [7, 11) is 1.95. The second-order valence-corrected chi connectivity index (χ2v) is 7.30. The summed E-state index contributed by atoms with van der Waals surface area (Å²) in [6.45, 7) is 9.91. The van der Waals surface area contributed by atoms with Gasteiger partial charge in [-0.15, -0.1) is 0 Å². The van der Waals surface area contributed by atoms with Crippen LogP contribution < -0.4 is 9.80 Å². The minimum Gasteiger partial charge on any atom is -0.378 e. The molecule has 0 aromatic carbocycles. The summed E-state index contributed by atoms with van der Waals surface area (Å²) in [6.07, 6.45) is 3.16. The molecule has 7 nitrogen and oxygen atoms in total. The minimum absolute atomic E-state index is 0.673. The van der Waals surface area contributed by atoms with Crippen LogP contribution in [-0.2, 0) is 11.8 Å². The van der Waals surface area contributed by atoms with Crippen molar-refractivity contribution in [3.8, 4) is 0 Å². The van der Waals surface area contributed by atoms with Crippen LogP contribution in [0.25, 0.3) is 11.0 Å². The quantitative estimate of drug-likeness (QED) is 0.835. The van der Waals surface area contributed by atoms with Crippen molar-refractivity contribution in [3.63, 3.8) is 0 Å². The molecule has 24 heavy (non-hydrogen) atoms. The van der Waals surface area contributed by atoms with Gasteiger partial charge in [-0.25, -0.2) is 0 Å². The van der Waals surface area contributed by atoms with Gasteiger partial charge in [0.2, 0.25) is 5.95 Å². The Labute approximate surface area is 142 Å². The largest absolute Gasteiger partial charge is 0.378 e. The topological polar surface area (TPSA) is 59.3 Å². The molecule has 2 aliphatic heterocycles. The maximum atomic E-state index is 5.50. The van der Waals surface area contributed by atoms with E-state index in [1.54, 1.807) is 0 Å². The van der Waals surface area contributed by atoms with Crippen LogP contribution in [-0.4, -0.2) is 59.1 Å². The molecule has 0 saturated carbocycles. The third-order valence-corrected chi connectivity index (χ3v) is 5.02. The first-order valence-electron chi connectivity index (χ1n) is 8.89. The second-order valence-electron chi connectivity index (χ2n) is 7.30. The Balaban J connectivity index is 1.77. The van der Waals surface area contributed by atoms with Crippen LogP contribution in [0.5, 0.6) is 0 Å². The average Bonchev–Trinajstić information content (AvgIpc) is 2.95. The van der Waals surface area contributed by atoms with Gasteiger partial charge in [0.15, 0.2) is 5.65 Å². The van der Waals surface area contributed by atoms with Gasteiger partial charge < -0.3 is 14.5 Å². The Hall–Kier alpha value is -1.89. The molecule has 2 saturated heterocycles. The maximum absolute atomic E-state index is 5.50. The number of aromatic nitrogens is 4. The fourth-order valence-electron chi connectivity index (χ4n) is 3.98. The Bertz CT molecular complexity index is 713. The zero-order valence-corrected chi connectivity index (χ0v) is 14.8. The standard InChI is InChI=1S/C17H26N6O/c1-12-8-13(2)11-23(10-12)17-19-15-14(9-18-21(15)3)16(20-17)22-4-6-24-7-5-22/h9,12-13H,4-8,10-11H2,1-3H3/t12-,13-/m1/s1. The Morgan fingerprint density at radius 1 is 1.04 bits per heavy atom. The fourth-order valence-corrected chi connectivity index (χ4v) is 3.98. The fraction of sp³-hybridized carbons (Fsp3) is 0.706. The summed E-state index contributed by atoms with van der Waals surface area (Å²) in [6, 6.07) is 0. The molecule has 2 aromatic rings. The van der Waals surface area contributed by atoms with E-state index >= 15 is 0 Å². The van der Waals surface area contributed by atoms with Gasteiger partial charge >= 0.3 is 0 Å². The van der Waals surface area contributed by atoms with Crippen molar-refractivity contribution in [2.45, 2.75) is 20.3 Å². The predicted octanol–water partition coefficient (Wildman–Crippen LogP) is 1.68. The van der Waals surface area contributed by atoms with Crippen molar-refractivity contribution in [2.75, 3.05) is 49.2 Å². The number of anilines is 2. The maximum Gasteiger partial charge on any atom is 0.229 e. The van der Waals surface area contributed by atoms with Crippen LogP contribution in [0.15, 0.2) is 6.20 Å². The highest BCUT2D eigenvalue weighted by molar-refractivity contribution is 5.88. The highest BCUT2D eigenvalue weighted by Gasteiger charge is 2.26. The first-order chi connectivity index (χ1) is 11.6. The number of hydrogen-bond acceptors (Lipinski definition) is 6. The molecule has 4 rings (SSSR count). The van der Waals surface area contributed by atoms with Crippen LogP contribution in [0.3, 0.4) is 0 Å². The second kappa shape index (κ2) is 6.20. The third-order valence-electron chi connectivity index (χ3n) is 5.02. The molecule has 0 bridgehead atoms. The van der Waals surface area contributed by atoms with Crippen molar-refractivity contribution in [3.05, 3.63) is 6.20 Å². The van der Waals surface area contributed by atoms with Crippen LogP contribution in [0.1, 0.15) is 20.3 Å². The molecule has 4 heterocycles. The first kappa shape index (κ1) is 15.6. The lowest BCUT2D eigenvalue weighted by molar-refractivity contribution is 0.122. The van der Waals surface area contributed by atoms with Crippen LogP contribution in [0.4, 0.5) is 11.8 Å². The van der Waals surface area contributed by atoms with Gasteiger partial charge in [-0.05, 0) is 18.3 Å². The van der Waals surface area contributed by atoms with Gasteiger partial charge in [-0.1, -0.05) is 13.8 Å². The molecule has 0 radical (unpaired) electrons. The highest BCUT2D eigenvalue weighted by atomic mass is 16.5. The summed E-state index contributed by atoms with van der Waals surface area (Å²) in [5, 5.41) is 5.43. The van der Waals surface area contributed by atoms with Gasteiger partial charge in [0.1, 0.15) is 5.82 Å². The summed E-state index contributed by atoms with van der Waals surface area (Å²) < 4.78 is 7.35. The normalized spacial score (nSPS) is 25.5.